The van der Waals surface area contributed by atoms with E-state index in [-0.39, 0.29) is 5.91 Å². The van der Waals surface area contributed by atoms with Crippen molar-refractivity contribution in [3.63, 3.8) is 0 Å². The van der Waals surface area contributed by atoms with Gasteiger partial charge in [0.05, 0.1) is 21.3 Å². The summed E-state index contributed by atoms with van der Waals surface area (Å²) in [5.41, 5.74) is 3.12. The molecule has 0 aromatic heterocycles. The maximum absolute atomic E-state index is 12.5. The summed E-state index contributed by atoms with van der Waals surface area (Å²) in [6.45, 7) is 3.31. The van der Waals surface area contributed by atoms with Crippen molar-refractivity contribution in [3.8, 4) is 11.5 Å². The van der Waals surface area contributed by atoms with Crippen LogP contribution in [0.25, 0.3) is 0 Å². The fourth-order valence-electron chi connectivity index (χ4n) is 3.77. The molecule has 29 heavy (non-hydrogen) atoms. The summed E-state index contributed by atoms with van der Waals surface area (Å²) in [5, 5.41) is 3.01. The minimum absolute atomic E-state index is 0.000649. The highest BCUT2D eigenvalue weighted by atomic mass is 16.5. The standard InChI is InChI=1S/C23H31N3O3/c1-25(16-18-7-12-21(28-2)15-22(18)29-3)17-23(27)24-19-8-10-20(11-9-19)26-13-5-4-6-14-26/h7-12,15H,4-6,13-14,16-17H2,1-3H3,(H,24,27)/p+1. The largest absolute Gasteiger partial charge is 0.497 e. The Hall–Kier alpha value is -2.73. The molecule has 0 bridgehead atoms. The Morgan fingerprint density at radius 3 is 2.41 bits per heavy atom. The summed E-state index contributed by atoms with van der Waals surface area (Å²) in [7, 11) is 5.28. The van der Waals surface area contributed by atoms with Crippen molar-refractivity contribution >= 4 is 17.3 Å². The predicted octanol–water partition coefficient (Wildman–Crippen LogP) is 2.35. The summed E-state index contributed by atoms with van der Waals surface area (Å²) in [6, 6.07) is 13.9. The first kappa shape index (κ1) is 21.0. The van der Waals surface area contributed by atoms with Crippen molar-refractivity contribution in [2.75, 3.05) is 51.1 Å². The molecule has 3 rings (SSSR count). The fraction of sp³-hybridized carbons (Fsp3) is 0.435. The number of methoxy groups -OCH3 is 2. The molecule has 1 aliphatic heterocycles. The normalized spacial score (nSPS) is 14.9. The fourth-order valence-corrected chi connectivity index (χ4v) is 3.77. The van der Waals surface area contributed by atoms with Gasteiger partial charge in [0.25, 0.3) is 5.91 Å². The molecule has 6 heteroatoms. The van der Waals surface area contributed by atoms with Gasteiger partial charge in [-0.2, -0.15) is 0 Å². The Bertz CT molecular complexity index is 802. The average Bonchev–Trinajstić information content (AvgIpc) is 2.75. The maximum Gasteiger partial charge on any atom is 0.279 e. The third kappa shape index (κ3) is 5.87. The van der Waals surface area contributed by atoms with E-state index < -0.39 is 0 Å². The Labute approximate surface area is 173 Å². The number of hydrogen-bond acceptors (Lipinski definition) is 4. The molecule has 1 heterocycles. The van der Waals surface area contributed by atoms with Crippen LogP contribution in [-0.2, 0) is 11.3 Å². The third-order valence-electron chi connectivity index (χ3n) is 5.32. The number of likely N-dealkylation sites (N-methyl/N-ethyl adjacent to an activating group) is 1. The molecule has 0 radical (unpaired) electrons. The lowest BCUT2D eigenvalue weighted by atomic mass is 10.1. The molecule has 2 aromatic carbocycles. The highest BCUT2D eigenvalue weighted by molar-refractivity contribution is 5.91. The molecule has 0 spiro atoms. The minimum Gasteiger partial charge on any atom is -0.497 e. The monoisotopic (exact) mass is 398 g/mol. The molecule has 0 aliphatic carbocycles. The second-order valence-corrected chi connectivity index (χ2v) is 7.63. The topological polar surface area (TPSA) is 55.2 Å². The van der Waals surface area contributed by atoms with E-state index in [4.69, 9.17) is 9.47 Å². The van der Waals surface area contributed by atoms with Gasteiger partial charge in [0.1, 0.15) is 18.0 Å². The van der Waals surface area contributed by atoms with Crippen LogP contribution in [-0.4, -0.2) is 46.8 Å². The van der Waals surface area contributed by atoms with Crippen LogP contribution < -0.4 is 24.6 Å². The molecule has 1 unspecified atom stereocenters. The number of ether oxygens (including phenoxy) is 2. The lowest BCUT2D eigenvalue weighted by molar-refractivity contribution is -0.885. The molecule has 0 saturated carbocycles. The Morgan fingerprint density at radius 1 is 1.03 bits per heavy atom. The molecule has 6 nitrogen and oxygen atoms in total. The van der Waals surface area contributed by atoms with Gasteiger partial charge in [0.15, 0.2) is 6.54 Å². The second-order valence-electron chi connectivity index (χ2n) is 7.63. The van der Waals surface area contributed by atoms with Gasteiger partial charge in [-0.3, -0.25) is 4.79 Å². The van der Waals surface area contributed by atoms with Gasteiger partial charge in [-0.1, -0.05) is 0 Å². The van der Waals surface area contributed by atoms with E-state index >= 15 is 0 Å². The summed E-state index contributed by atoms with van der Waals surface area (Å²) in [6.07, 6.45) is 3.84. The third-order valence-corrected chi connectivity index (χ3v) is 5.32. The number of rotatable bonds is 8. The first-order valence-corrected chi connectivity index (χ1v) is 10.3. The predicted molar refractivity (Wildman–Crippen MR) is 116 cm³/mol. The average molecular weight is 399 g/mol. The lowest BCUT2D eigenvalue weighted by Gasteiger charge is -2.28. The van der Waals surface area contributed by atoms with Crippen LogP contribution in [0.5, 0.6) is 11.5 Å². The number of anilines is 2. The van der Waals surface area contributed by atoms with Gasteiger partial charge in [0.2, 0.25) is 0 Å². The Kier molecular flexibility index (Phi) is 7.36. The molecule has 1 atom stereocenters. The zero-order valence-electron chi connectivity index (χ0n) is 17.7. The van der Waals surface area contributed by atoms with E-state index in [0.29, 0.717) is 13.1 Å². The van der Waals surface area contributed by atoms with Crippen molar-refractivity contribution in [1.29, 1.82) is 0 Å². The van der Waals surface area contributed by atoms with Crippen LogP contribution in [0.1, 0.15) is 24.8 Å². The number of piperidine rings is 1. The molecular formula is C23H32N3O3+. The van der Waals surface area contributed by atoms with E-state index in [1.807, 2.05) is 37.4 Å². The first-order valence-electron chi connectivity index (χ1n) is 10.3. The summed E-state index contributed by atoms with van der Waals surface area (Å²) >= 11 is 0. The second kappa shape index (κ2) is 10.2. The summed E-state index contributed by atoms with van der Waals surface area (Å²) in [5.74, 6) is 1.53. The van der Waals surface area contributed by atoms with Crippen molar-refractivity contribution in [2.45, 2.75) is 25.8 Å². The van der Waals surface area contributed by atoms with E-state index in [1.54, 1.807) is 14.2 Å². The van der Waals surface area contributed by atoms with Crippen molar-refractivity contribution < 1.29 is 19.2 Å². The number of benzene rings is 2. The number of carbonyl (C=O) groups is 1. The van der Waals surface area contributed by atoms with Gasteiger partial charge in [-0.25, -0.2) is 0 Å². The zero-order chi connectivity index (χ0) is 20.6. The molecule has 156 valence electrons. The smallest absolute Gasteiger partial charge is 0.279 e. The van der Waals surface area contributed by atoms with E-state index in [9.17, 15) is 4.79 Å². The Balaban J connectivity index is 1.52. The molecule has 2 aromatic rings. The van der Waals surface area contributed by atoms with E-state index in [0.717, 1.165) is 40.7 Å². The number of hydrogen-bond donors (Lipinski definition) is 2. The number of quaternary nitrogens is 1. The van der Waals surface area contributed by atoms with Crippen molar-refractivity contribution in [2.24, 2.45) is 0 Å². The molecule has 2 N–H and O–H groups in total. The number of nitrogens with one attached hydrogen (secondary N) is 2. The highest BCUT2D eigenvalue weighted by Crippen LogP contribution is 2.24. The van der Waals surface area contributed by atoms with E-state index in [2.05, 4.69) is 22.3 Å². The number of amides is 1. The summed E-state index contributed by atoms with van der Waals surface area (Å²) < 4.78 is 10.7. The molecular weight excluding hydrogens is 366 g/mol. The van der Waals surface area contributed by atoms with Crippen LogP contribution in [0.4, 0.5) is 11.4 Å². The van der Waals surface area contributed by atoms with Gasteiger partial charge in [0, 0.05) is 36.1 Å². The Morgan fingerprint density at radius 2 is 1.76 bits per heavy atom. The van der Waals surface area contributed by atoms with Crippen LogP contribution >= 0.6 is 0 Å². The van der Waals surface area contributed by atoms with Crippen LogP contribution in [0.15, 0.2) is 42.5 Å². The van der Waals surface area contributed by atoms with E-state index in [1.165, 1.54) is 24.9 Å². The van der Waals surface area contributed by atoms with Gasteiger partial charge in [-0.15, -0.1) is 0 Å². The SMILES string of the molecule is COc1ccc(C[NH+](C)CC(=O)Nc2ccc(N3CCCCC3)cc2)c(OC)c1. The van der Waals surface area contributed by atoms with Crippen molar-refractivity contribution in [1.82, 2.24) is 0 Å². The van der Waals surface area contributed by atoms with Gasteiger partial charge in [-0.05, 0) is 55.7 Å². The molecule has 1 saturated heterocycles. The molecule has 1 amide bonds. The lowest BCUT2D eigenvalue weighted by Crippen LogP contribution is -3.08. The minimum atomic E-state index is 0.000649. The molecule has 1 aliphatic rings. The molecule has 1 fully saturated rings. The highest BCUT2D eigenvalue weighted by Gasteiger charge is 2.15. The summed E-state index contributed by atoms with van der Waals surface area (Å²) in [4.78, 5) is 16.0. The van der Waals surface area contributed by atoms with Crippen molar-refractivity contribution in [3.05, 3.63) is 48.0 Å². The first-order chi connectivity index (χ1) is 14.1. The number of carbonyl (C=O) groups excluding carboxylic acids is 1. The maximum atomic E-state index is 12.5. The van der Waals surface area contributed by atoms with Crippen LogP contribution in [0.3, 0.4) is 0 Å². The zero-order valence-corrected chi connectivity index (χ0v) is 17.7. The quantitative estimate of drug-likeness (QED) is 0.717. The number of nitrogens with zero attached hydrogens (tertiary/aromatic N) is 1. The van der Waals surface area contributed by atoms with Crippen LogP contribution in [0.2, 0.25) is 0 Å². The van der Waals surface area contributed by atoms with Gasteiger partial charge >= 0.3 is 0 Å². The van der Waals surface area contributed by atoms with Crippen LogP contribution in [0, 0.1) is 0 Å². The van der Waals surface area contributed by atoms with Gasteiger partial charge < -0.3 is 24.6 Å².